The molecule has 19 heavy (non-hydrogen) atoms. The Bertz CT molecular complexity index is 553. The van der Waals surface area contributed by atoms with Gasteiger partial charge < -0.3 is 5.32 Å². The lowest BCUT2D eigenvalue weighted by Crippen LogP contribution is -2.31. The normalized spacial score (nSPS) is 14.5. The van der Waals surface area contributed by atoms with Gasteiger partial charge in [-0.1, -0.05) is 37.9 Å². The molecule has 0 aliphatic heterocycles. The largest absolute Gasteiger partial charge is 0.310 e. The predicted octanol–water partition coefficient (Wildman–Crippen LogP) is 4.41. The summed E-state index contributed by atoms with van der Waals surface area (Å²) in [6, 6.07) is 8.46. The molecule has 2 aromatic rings. The summed E-state index contributed by atoms with van der Waals surface area (Å²) < 4.78 is 0. The lowest BCUT2D eigenvalue weighted by molar-refractivity contribution is 0.390. The van der Waals surface area contributed by atoms with E-state index in [9.17, 15) is 0 Å². The van der Waals surface area contributed by atoms with Crippen LogP contribution in [0.4, 0.5) is 0 Å². The van der Waals surface area contributed by atoms with Gasteiger partial charge >= 0.3 is 0 Å². The molecule has 0 radical (unpaired) electrons. The number of fused-ring (bicyclic) bond motifs is 1. The Kier molecular flexibility index (Phi) is 4.78. The van der Waals surface area contributed by atoms with Crippen molar-refractivity contribution in [3.8, 4) is 0 Å². The van der Waals surface area contributed by atoms with Gasteiger partial charge in [0.2, 0.25) is 0 Å². The first-order valence-corrected chi connectivity index (χ1v) is 7.26. The molecule has 0 bridgehead atoms. The van der Waals surface area contributed by atoms with E-state index in [1.54, 1.807) is 0 Å². The molecule has 0 aliphatic rings. The van der Waals surface area contributed by atoms with Crippen LogP contribution in [-0.4, -0.2) is 11.0 Å². The smallest absolute Gasteiger partial charge is 0.0761 e. The molecule has 0 spiro atoms. The van der Waals surface area contributed by atoms with Crippen LogP contribution in [0.15, 0.2) is 30.5 Å². The Morgan fingerprint density at radius 3 is 2.79 bits per heavy atom. The predicted molar refractivity (Wildman–Crippen MR) is 82.5 cm³/mol. The molecule has 1 aromatic heterocycles. The number of benzene rings is 1. The van der Waals surface area contributed by atoms with E-state index in [4.69, 9.17) is 11.6 Å². The minimum atomic E-state index is 0.499. The monoisotopic (exact) mass is 276 g/mol. The second kappa shape index (κ2) is 6.36. The van der Waals surface area contributed by atoms with Gasteiger partial charge in [-0.05, 0) is 36.6 Å². The first kappa shape index (κ1) is 14.3. The molecule has 2 atom stereocenters. The van der Waals surface area contributed by atoms with E-state index < -0.39 is 0 Å². The van der Waals surface area contributed by atoms with Crippen LogP contribution >= 0.6 is 11.6 Å². The average Bonchev–Trinajstić information content (AvgIpc) is 2.45. The van der Waals surface area contributed by atoms with E-state index in [0.717, 1.165) is 22.5 Å². The molecule has 2 rings (SSSR count). The first-order chi connectivity index (χ1) is 9.13. The molecule has 0 fully saturated rings. The van der Waals surface area contributed by atoms with Crippen molar-refractivity contribution in [2.45, 2.75) is 39.8 Å². The zero-order chi connectivity index (χ0) is 13.8. The number of rotatable bonds is 5. The third-order valence-electron chi connectivity index (χ3n) is 3.91. The van der Waals surface area contributed by atoms with Crippen molar-refractivity contribution < 1.29 is 0 Å². The summed E-state index contributed by atoms with van der Waals surface area (Å²) in [5.74, 6) is 0.673. The maximum absolute atomic E-state index is 6.20. The van der Waals surface area contributed by atoms with E-state index >= 15 is 0 Å². The second-order valence-corrected chi connectivity index (χ2v) is 5.57. The number of hydrogen-bond donors (Lipinski definition) is 1. The number of nitrogens with zero attached hydrogens (tertiary/aromatic N) is 1. The van der Waals surface area contributed by atoms with Crippen LogP contribution < -0.4 is 5.32 Å². The molecule has 1 aromatic carbocycles. The highest BCUT2D eigenvalue weighted by Crippen LogP contribution is 2.24. The summed E-state index contributed by atoms with van der Waals surface area (Å²) in [5.41, 5.74) is 2.20. The van der Waals surface area contributed by atoms with Gasteiger partial charge in [-0.25, -0.2) is 0 Å². The fourth-order valence-electron chi connectivity index (χ4n) is 2.16. The highest BCUT2D eigenvalue weighted by Gasteiger charge is 2.11. The number of nitrogens with one attached hydrogen (secondary N) is 1. The summed E-state index contributed by atoms with van der Waals surface area (Å²) in [6.45, 7) is 7.56. The van der Waals surface area contributed by atoms with Crippen LogP contribution in [-0.2, 0) is 6.54 Å². The Balaban J connectivity index is 2.20. The summed E-state index contributed by atoms with van der Waals surface area (Å²) >= 11 is 6.20. The quantitative estimate of drug-likeness (QED) is 0.875. The van der Waals surface area contributed by atoms with Crippen LogP contribution in [0, 0.1) is 5.92 Å². The summed E-state index contributed by atoms with van der Waals surface area (Å²) in [4.78, 5) is 4.46. The molecule has 102 valence electrons. The minimum absolute atomic E-state index is 0.499. The minimum Gasteiger partial charge on any atom is -0.310 e. The van der Waals surface area contributed by atoms with Crippen molar-refractivity contribution in [1.82, 2.24) is 10.3 Å². The van der Waals surface area contributed by atoms with Gasteiger partial charge in [0, 0.05) is 29.2 Å². The Morgan fingerprint density at radius 1 is 1.26 bits per heavy atom. The lowest BCUT2D eigenvalue weighted by atomic mass is 10.0. The van der Waals surface area contributed by atoms with E-state index in [1.165, 1.54) is 12.0 Å². The van der Waals surface area contributed by atoms with Crippen molar-refractivity contribution in [3.63, 3.8) is 0 Å². The highest BCUT2D eigenvalue weighted by molar-refractivity contribution is 6.35. The maximum Gasteiger partial charge on any atom is 0.0761 e. The highest BCUT2D eigenvalue weighted by atomic mass is 35.5. The zero-order valence-corrected chi connectivity index (χ0v) is 12.5. The molecule has 3 heteroatoms. The Labute approximate surface area is 120 Å². The topological polar surface area (TPSA) is 24.9 Å². The third kappa shape index (κ3) is 3.26. The number of hydrogen-bond acceptors (Lipinski definition) is 2. The molecule has 0 aliphatic carbocycles. The lowest BCUT2D eigenvalue weighted by Gasteiger charge is -2.20. The van der Waals surface area contributed by atoms with Crippen LogP contribution in [0.2, 0.25) is 5.02 Å². The number of aromatic nitrogens is 1. The molecule has 0 saturated carbocycles. The van der Waals surface area contributed by atoms with Gasteiger partial charge in [0.25, 0.3) is 0 Å². The average molecular weight is 277 g/mol. The Hall–Kier alpha value is -1.12. The van der Waals surface area contributed by atoms with Gasteiger partial charge in [-0.2, -0.15) is 0 Å². The van der Waals surface area contributed by atoms with Gasteiger partial charge in [0.05, 0.1) is 5.52 Å². The Morgan fingerprint density at radius 2 is 2.05 bits per heavy atom. The van der Waals surface area contributed by atoms with Crippen molar-refractivity contribution in [2.75, 3.05) is 0 Å². The van der Waals surface area contributed by atoms with Gasteiger partial charge in [-0.3, -0.25) is 4.98 Å². The molecular formula is C16H21ClN2. The molecule has 2 unspecified atom stereocenters. The SMILES string of the molecule is CCC(C)C(C)NCc1ccc(Cl)c2cccnc12. The number of pyridine rings is 1. The molecule has 2 nitrogen and oxygen atoms in total. The summed E-state index contributed by atoms with van der Waals surface area (Å²) in [5, 5.41) is 5.37. The van der Waals surface area contributed by atoms with Crippen molar-refractivity contribution in [1.29, 1.82) is 0 Å². The first-order valence-electron chi connectivity index (χ1n) is 6.89. The summed E-state index contributed by atoms with van der Waals surface area (Å²) in [7, 11) is 0. The molecule has 0 saturated heterocycles. The van der Waals surface area contributed by atoms with Crippen molar-refractivity contribution in [2.24, 2.45) is 5.92 Å². The van der Waals surface area contributed by atoms with Crippen LogP contribution in [0.5, 0.6) is 0 Å². The molecular weight excluding hydrogens is 256 g/mol. The fraction of sp³-hybridized carbons (Fsp3) is 0.438. The van der Waals surface area contributed by atoms with Crippen LogP contribution in [0.3, 0.4) is 0 Å². The van der Waals surface area contributed by atoms with E-state index in [2.05, 4.69) is 37.1 Å². The molecule has 0 amide bonds. The van der Waals surface area contributed by atoms with E-state index in [1.807, 2.05) is 24.4 Å². The molecule has 1 N–H and O–H groups in total. The van der Waals surface area contributed by atoms with Crippen molar-refractivity contribution >= 4 is 22.5 Å². The number of halogens is 1. The maximum atomic E-state index is 6.20. The second-order valence-electron chi connectivity index (χ2n) is 5.16. The van der Waals surface area contributed by atoms with E-state index in [0.29, 0.717) is 12.0 Å². The fourth-order valence-corrected chi connectivity index (χ4v) is 2.38. The zero-order valence-electron chi connectivity index (χ0n) is 11.8. The summed E-state index contributed by atoms with van der Waals surface area (Å²) in [6.07, 6.45) is 3.01. The van der Waals surface area contributed by atoms with Crippen LogP contribution in [0.25, 0.3) is 10.9 Å². The third-order valence-corrected chi connectivity index (χ3v) is 4.24. The van der Waals surface area contributed by atoms with Gasteiger partial charge in [0.15, 0.2) is 0 Å². The van der Waals surface area contributed by atoms with E-state index in [-0.39, 0.29) is 0 Å². The van der Waals surface area contributed by atoms with Crippen molar-refractivity contribution in [3.05, 3.63) is 41.0 Å². The standard InChI is InChI=1S/C16H21ClN2/c1-4-11(2)12(3)19-10-13-7-8-15(17)14-6-5-9-18-16(13)14/h5-9,11-12,19H,4,10H2,1-3H3. The van der Waals surface area contributed by atoms with Gasteiger partial charge in [-0.15, -0.1) is 0 Å². The van der Waals surface area contributed by atoms with Gasteiger partial charge in [0.1, 0.15) is 0 Å². The van der Waals surface area contributed by atoms with Crippen LogP contribution in [0.1, 0.15) is 32.8 Å². The molecule has 1 heterocycles.